The lowest BCUT2D eigenvalue weighted by Crippen LogP contribution is -2.20. The molecule has 0 radical (unpaired) electrons. The Hall–Kier alpha value is -1.40. The van der Waals surface area contributed by atoms with E-state index in [0.29, 0.717) is 0 Å². The van der Waals surface area contributed by atoms with Crippen LogP contribution >= 0.6 is 0 Å². The van der Waals surface area contributed by atoms with Crippen LogP contribution in [-0.4, -0.2) is 31.5 Å². The molecule has 1 aromatic carbocycles. The summed E-state index contributed by atoms with van der Waals surface area (Å²) in [5, 5.41) is 8.72. The highest BCUT2D eigenvalue weighted by Gasteiger charge is 2.46. The van der Waals surface area contributed by atoms with Crippen molar-refractivity contribution < 1.29 is 18.3 Å². The van der Waals surface area contributed by atoms with Crippen molar-refractivity contribution in [3.8, 4) is 0 Å². The maximum absolute atomic E-state index is 11.5. The second kappa shape index (κ2) is 5.18. The molecule has 1 aromatic rings. The average molecular weight is 297 g/mol. The molecule has 5 nitrogen and oxygen atoms in total. The number of sulfone groups is 1. The number of hydrogen-bond acceptors (Lipinski definition) is 4. The van der Waals surface area contributed by atoms with Crippen LogP contribution in [0, 0.1) is 0 Å². The third kappa shape index (κ3) is 3.58. The first-order valence-corrected chi connectivity index (χ1v) is 8.53. The van der Waals surface area contributed by atoms with E-state index in [2.05, 4.69) is 0 Å². The van der Waals surface area contributed by atoms with Gasteiger partial charge in [-0.15, -0.1) is 0 Å². The summed E-state index contributed by atoms with van der Waals surface area (Å²) in [5.74, 6) is -0.766. The van der Waals surface area contributed by atoms with Crippen molar-refractivity contribution in [3.05, 3.63) is 35.4 Å². The van der Waals surface area contributed by atoms with E-state index in [1.54, 1.807) is 12.1 Å². The molecule has 1 atom stereocenters. The summed E-state index contributed by atoms with van der Waals surface area (Å²) in [6.07, 6.45) is 2.89. The van der Waals surface area contributed by atoms with Gasteiger partial charge in [-0.2, -0.15) is 0 Å². The van der Waals surface area contributed by atoms with Crippen LogP contribution in [0.3, 0.4) is 0 Å². The molecule has 0 aromatic heterocycles. The van der Waals surface area contributed by atoms with Crippen molar-refractivity contribution in [3.63, 3.8) is 0 Å². The minimum atomic E-state index is -3.01. The van der Waals surface area contributed by atoms with E-state index < -0.39 is 21.8 Å². The van der Waals surface area contributed by atoms with Gasteiger partial charge in [-0.25, -0.2) is 8.42 Å². The first-order valence-electron chi connectivity index (χ1n) is 6.47. The van der Waals surface area contributed by atoms with Crippen molar-refractivity contribution in [2.75, 3.05) is 12.0 Å². The first kappa shape index (κ1) is 15.0. The number of aliphatic carboxylic acids is 1. The summed E-state index contributed by atoms with van der Waals surface area (Å²) >= 11 is 0. The van der Waals surface area contributed by atoms with Gasteiger partial charge in [-0.1, -0.05) is 24.3 Å². The van der Waals surface area contributed by atoms with Gasteiger partial charge in [-0.05, 0) is 24.0 Å². The summed E-state index contributed by atoms with van der Waals surface area (Å²) < 4.78 is 22.9. The Balaban J connectivity index is 2.15. The molecule has 20 heavy (non-hydrogen) atoms. The van der Waals surface area contributed by atoms with Crippen LogP contribution in [0.15, 0.2) is 24.3 Å². The van der Waals surface area contributed by atoms with E-state index >= 15 is 0 Å². The molecule has 0 saturated heterocycles. The number of carboxylic acids is 1. The van der Waals surface area contributed by atoms with Crippen molar-refractivity contribution in [2.24, 2.45) is 5.73 Å². The van der Waals surface area contributed by atoms with Gasteiger partial charge in [0.2, 0.25) is 0 Å². The fourth-order valence-electron chi connectivity index (χ4n) is 2.56. The molecule has 3 N–H and O–H groups in total. The molecule has 1 unspecified atom stereocenters. The number of nitrogens with two attached hydrogens (primary N) is 1. The van der Waals surface area contributed by atoms with E-state index in [-0.39, 0.29) is 17.6 Å². The van der Waals surface area contributed by atoms with Crippen LogP contribution in [0.4, 0.5) is 0 Å². The van der Waals surface area contributed by atoms with E-state index in [9.17, 15) is 13.2 Å². The monoisotopic (exact) mass is 297 g/mol. The van der Waals surface area contributed by atoms with Crippen molar-refractivity contribution >= 4 is 15.8 Å². The largest absolute Gasteiger partial charge is 0.481 e. The molecule has 2 rings (SSSR count). The Bertz CT molecular complexity index is 603. The van der Waals surface area contributed by atoms with Gasteiger partial charge in [0.1, 0.15) is 9.84 Å². The molecule has 1 aliphatic carbocycles. The van der Waals surface area contributed by atoms with Crippen LogP contribution in [0.2, 0.25) is 0 Å². The second-order valence-electron chi connectivity index (χ2n) is 5.68. The second-order valence-corrected chi connectivity index (χ2v) is 7.82. The topological polar surface area (TPSA) is 97.5 Å². The molecule has 0 bridgehead atoms. The summed E-state index contributed by atoms with van der Waals surface area (Å²) in [5.41, 5.74) is 7.30. The van der Waals surface area contributed by atoms with Gasteiger partial charge in [-0.3, -0.25) is 4.79 Å². The Kier molecular flexibility index (Phi) is 3.88. The fraction of sp³-hybridized carbons (Fsp3) is 0.500. The molecule has 0 heterocycles. The summed E-state index contributed by atoms with van der Waals surface area (Å²) in [6, 6.07) is 6.80. The lowest BCUT2D eigenvalue weighted by atomic mass is 9.95. The van der Waals surface area contributed by atoms with Gasteiger partial charge in [0, 0.05) is 17.7 Å². The first-order chi connectivity index (χ1) is 9.22. The molecule has 110 valence electrons. The maximum atomic E-state index is 11.5. The van der Waals surface area contributed by atoms with Gasteiger partial charge in [0.15, 0.2) is 0 Å². The summed E-state index contributed by atoms with van der Waals surface area (Å²) in [4.78, 5) is 10.6. The molecule has 1 saturated carbocycles. The molecule has 0 amide bonds. The van der Waals surface area contributed by atoms with Crippen LogP contribution in [-0.2, 0) is 20.0 Å². The zero-order valence-corrected chi connectivity index (χ0v) is 12.2. The standard InChI is InChI=1S/C14H19NO4S/c1-20(18,19)9-14(6-7-14)11-4-2-10(3-5-11)12(15)8-13(16)17/h2-5,12H,6-9,15H2,1H3,(H,16,17). The third-order valence-corrected chi connectivity index (χ3v) is 4.81. The Morgan fingerprint density at radius 2 is 1.90 bits per heavy atom. The Labute approximate surface area is 118 Å². The lowest BCUT2D eigenvalue weighted by Gasteiger charge is -2.16. The normalized spacial score (nSPS) is 18.5. The lowest BCUT2D eigenvalue weighted by molar-refractivity contribution is -0.137. The van der Waals surface area contributed by atoms with Crippen molar-refractivity contribution in [1.29, 1.82) is 0 Å². The zero-order chi connectivity index (χ0) is 15.0. The van der Waals surface area contributed by atoms with Crippen molar-refractivity contribution in [1.82, 2.24) is 0 Å². The average Bonchev–Trinajstić information content (AvgIpc) is 3.07. The van der Waals surface area contributed by atoms with Gasteiger partial charge in [0.25, 0.3) is 0 Å². The van der Waals surface area contributed by atoms with E-state index in [1.807, 2.05) is 12.1 Å². The number of benzene rings is 1. The number of rotatable bonds is 6. The molecule has 0 spiro atoms. The van der Waals surface area contributed by atoms with Gasteiger partial charge in [0.05, 0.1) is 12.2 Å². The van der Waals surface area contributed by atoms with Crippen LogP contribution < -0.4 is 5.73 Å². The highest BCUT2D eigenvalue weighted by atomic mass is 32.2. The fourth-order valence-corrected chi connectivity index (χ4v) is 4.02. The highest BCUT2D eigenvalue weighted by Crippen LogP contribution is 2.49. The van der Waals surface area contributed by atoms with E-state index in [0.717, 1.165) is 24.0 Å². The molecular formula is C14H19NO4S. The zero-order valence-electron chi connectivity index (χ0n) is 11.4. The Morgan fingerprint density at radius 3 is 2.30 bits per heavy atom. The van der Waals surface area contributed by atoms with Gasteiger partial charge >= 0.3 is 5.97 Å². The van der Waals surface area contributed by atoms with E-state index in [1.165, 1.54) is 6.26 Å². The number of hydrogen-bond donors (Lipinski definition) is 2. The predicted molar refractivity (Wildman–Crippen MR) is 76.2 cm³/mol. The Morgan fingerprint density at radius 1 is 1.35 bits per heavy atom. The summed E-state index contributed by atoms with van der Waals surface area (Å²) in [7, 11) is -3.01. The summed E-state index contributed by atoms with van der Waals surface area (Å²) in [6.45, 7) is 0. The number of carboxylic acid groups (broad SMARTS) is 1. The van der Waals surface area contributed by atoms with Crippen molar-refractivity contribution in [2.45, 2.75) is 30.7 Å². The van der Waals surface area contributed by atoms with E-state index in [4.69, 9.17) is 10.8 Å². The molecule has 6 heteroatoms. The third-order valence-electron chi connectivity index (χ3n) is 3.74. The minimum Gasteiger partial charge on any atom is -0.481 e. The van der Waals surface area contributed by atoms with Crippen LogP contribution in [0.25, 0.3) is 0 Å². The smallest absolute Gasteiger partial charge is 0.305 e. The molecule has 1 fully saturated rings. The SMILES string of the molecule is CS(=O)(=O)CC1(c2ccc(C(N)CC(=O)O)cc2)CC1. The van der Waals surface area contributed by atoms with Crippen LogP contribution in [0.5, 0.6) is 0 Å². The molecule has 0 aliphatic heterocycles. The molecule has 1 aliphatic rings. The maximum Gasteiger partial charge on any atom is 0.305 e. The minimum absolute atomic E-state index is 0.117. The predicted octanol–water partition coefficient (Wildman–Crippen LogP) is 1.24. The quantitative estimate of drug-likeness (QED) is 0.823. The number of carbonyl (C=O) groups is 1. The van der Waals surface area contributed by atoms with Crippen LogP contribution in [0.1, 0.15) is 36.4 Å². The highest BCUT2D eigenvalue weighted by molar-refractivity contribution is 7.90. The van der Waals surface area contributed by atoms with Gasteiger partial charge < -0.3 is 10.8 Å². The molecular weight excluding hydrogens is 278 g/mol.